The molecule has 1 aliphatic rings. The van der Waals surface area contributed by atoms with Crippen LogP contribution in [-0.2, 0) is 4.79 Å². The van der Waals surface area contributed by atoms with Gasteiger partial charge in [0.25, 0.3) is 0 Å². The summed E-state index contributed by atoms with van der Waals surface area (Å²) in [5.74, 6) is 0.331. The monoisotopic (exact) mass is 350 g/mol. The van der Waals surface area contributed by atoms with E-state index in [0.29, 0.717) is 0 Å². The highest BCUT2D eigenvalue weighted by Gasteiger charge is 2.26. The molecule has 138 valence electrons. The predicted octanol–water partition coefficient (Wildman–Crippen LogP) is 4.79. The maximum absolute atomic E-state index is 12.8. The summed E-state index contributed by atoms with van der Waals surface area (Å²) in [5, 5.41) is 3.28. The van der Waals surface area contributed by atoms with Gasteiger partial charge in [-0.05, 0) is 50.8 Å². The number of anilines is 1. The molecule has 0 spiro atoms. The Morgan fingerprint density at radius 1 is 1.00 bits per heavy atom. The number of carbonyl (C=O) groups is 1. The van der Waals surface area contributed by atoms with Gasteiger partial charge in [-0.25, -0.2) is 0 Å². The SMILES string of the molecule is CC[C@@H](NC(=O)C1CCN(c2ccc(C)cc2)CC1)c1ccc(C)cc1. The second-order valence-corrected chi connectivity index (χ2v) is 7.48. The van der Waals surface area contributed by atoms with Crippen LogP contribution in [0.3, 0.4) is 0 Å². The van der Waals surface area contributed by atoms with Crippen LogP contribution in [0.2, 0.25) is 0 Å². The van der Waals surface area contributed by atoms with Crippen molar-refractivity contribution in [3.8, 4) is 0 Å². The lowest BCUT2D eigenvalue weighted by atomic mass is 9.94. The minimum absolute atomic E-state index is 0.109. The first-order valence-corrected chi connectivity index (χ1v) is 9.75. The van der Waals surface area contributed by atoms with E-state index in [1.54, 1.807) is 0 Å². The number of piperidine rings is 1. The number of aryl methyl sites for hydroxylation is 2. The zero-order valence-corrected chi connectivity index (χ0v) is 16.2. The minimum Gasteiger partial charge on any atom is -0.371 e. The van der Waals surface area contributed by atoms with Crippen LogP contribution in [0.25, 0.3) is 0 Å². The number of amides is 1. The van der Waals surface area contributed by atoms with Gasteiger partial charge in [0.1, 0.15) is 0 Å². The topological polar surface area (TPSA) is 32.3 Å². The van der Waals surface area contributed by atoms with Crippen molar-refractivity contribution in [1.29, 1.82) is 0 Å². The van der Waals surface area contributed by atoms with E-state index in [4.69, 9.17) is 0 Å². The first kappa shape index (κ1) is 18.5. The molecule has 2 aromatic rings. The van der Waals surface area contributed by atoms with Crippen LogP contribution in [0.15, 0.2) is 48.5 Å². The molecule has 26 heavy (non-hydrogen) atoms. The Morgan fingerprint density at radius 3 is 2.08 bits per heavy atom. The van der Waals surface area contributed by atoms with Gasteiger partial charge >= 0.3 is 0 Å². The predicted molar refractivity (Wildman–Crippen MR) is 108 cm³/mol. The number of hydrogen-bond acceptors (Lipinski definition) is 2. The normalized spacial score (nSPS) is 16.3. The highest BCUT2D eigenvalue weighted by Crippen LogP contribution is 2.25. The van der Waals surface area contributed by atoms with Crippen LogP contribution in [0.1, 0.15) is 48.9 Å². The second-order valence-electron chi connectivity index (χ2n) is 7.48. The molecule has 0 aromatic heterocycles. The highest BCUT2D eigenvalue weighted by atomic mass is 16.1. The van der Waals surface area contributed by atoms with Crippen LogP contribution in [-0.4, -0.2) is 19.0 Å². The van der Waals surface area contributed by atoms with Gasteiger partial charge in [0.2, 0.25) is 5.91 Å². The molecular weight excluding hydrogens is 320 g/mol. The van der Waals surface area contributed by atoms with Crippen molar-refractivity contribution >= 4 is 11.6 Å². The Morgan fingerprint density at radius 2 is 1.54 bits per heavy atom. The van der Waals surface area contributed by atoms with E-state index in [2.05, 4.69) is 79.5 Å². The van der Waals surface area contributed by atoms with Gasteiger partial charge in [-0.2, -0.15) is 0 Å². The molecule has 0 saturated carbocycles. The minimum atomic E-state index is 0.109. The molecule has 1 N–H and O–H groups in total. The summed E-state index contributed by atoms with van der Waals surface area (Å²) in [4.78, 5) is 15.2. The molecule has 3 nitrogen and oxygen atoms in total. The summed E-state index contributed by atoms with van der Waals surface area (Å²) in [5.41, 5.74) is 4.99. The maximum Gasteiger partial charge on any atom is 0.223 e. The molecule has 1 heterocycles. The Balaban J connectivity index is 1.55. The van der Waals surface area contributed by atoms with Crippen molar-refractivity contribution in [3.63, 3.8) is 0 Å². The standard InChI is InChI=1S/C23H30N2O/c1-4-22(19-9-5-17(2)6-10-19)24-23(26)20-13-15-25(16-14-20)21-11-7-18(3)8-12-21/h5-12,20,22H,4,13-16H2,1-3H3,(H,24,26)/t22-/m1/s1. The summed E-state index contributed by atoms with van der Waals surface area (Å²) in [6.07, 6.45) is 2.76. The Bertz CT molecular complexity index is 713. The van der Waals surface area contributed by atoms with E-state index in [1.165, 1.54) is 22.4 Å². The van der Waals surface area contributed by atoms with Gasteiger partial charge in [-0.1, -0.05) is 54.4 Å². The van der Waals surface area contributed by atoms with Crippen molar-refractivity contribution in [2.75, 3.05) is 18.0 Å². The van der Waals surface area contributed by atoms with Crippen LogP contribution in [0, 0.1) is 19.8 Å². The number of benzene rings is 2. The lowest BCUT2D eigenvalue weighted by molar-refractivity contribution is -0.126. The zero-order chi connectivity index (χ0) is 18.5. The molecule has 3 rings (SSSR count). The van der Waals surface area contributed by atoms with Crippen molar-refractivity contribution in [3.05, 3.63) is 65.2 Å². The quantitative estimate of drug-likeness (QED) is 0.841. The summed E-state index contributed by atoms with van der Waals surface area (Å²) >= 11 is 0. The van der Waals surface area contributed by atoms with E-state index in [0.717, 1.165) is 32.4 Å². The van der Waals surface area contributed by atoms with Gasteiger partial charge in [-0.15, -0.1) is 0 Å². The number of rotatable bonds is 5. The third-order valence-corrected chi connectivity index (χ3v) is 5.47. The maximum atomic E-state index is 12.8. The van der Waals surface area contributed by atoms with Crippen molar-refractivity contribution in [1.82, 2.24) is 5.32 Å². The molecular formula is C23H30N2O. The summed E-state index contributed by atoms with van der Waals surface area (Å²) < 4.78 is 0. The third kappa shape index (κ3) is 4.46. The van der Waals surface area contributed by atoms with Gasteiger partial charge in [0.05, 0.1) is 6.04 Å². The average molecular weight is 351 g/mol. The fraction of sp³-hybridized carbons (Fsp3) is 0.435. The van der Waals surface area contributed by atoms with Gasteiger partial charge in [0, 0.05) is 24.7 Å². The van der Waals surface area contributed by atoms with E-state index >= 15 is 0 Å². The molecule has 0 unspecified atom stereocenters. The highest BCUT2D eigenvalue weighted by molar-refractivity contribution is 5.79. The van der Waals surface area contributed by atoms with Gasteiger partial charge in [0.15, 0.2) is 0 Å². The van der Waals surface area contributed by atoms with Crippen LogP contribution >= 0.6 is 0 Å². The molecule has 1 amide bonds. The number of carbonyl (C=O) groups excluding carboxylic acids is 1. The zero-order valence-electron chi connectivity index (χ0n) is 16.2. The molecule has 1 aliphatic heterocycles. The number of nitrogens with zero attached hydrogens (tertiary/aromatic N) is 1. The first-order chi connectivity index (χ1) is 12.6. The molecule has 3 heteroatoms. The smallest absolute Gasteiger partial charge is 0.223 e. The largest absolute Gasteiger partial charge is 0.371 e. The lowest BCUT2D eigenvalue weighted by Crippen LogP contribution is -2.41. The van der Waals surface area contributed by atoms with Crippen molar-refractivity contribution < 1.29 is 4.79 Å². The van der Waals surface area contributed by atoms with E-state index in [1.807, 2.05) is 0 Å². The molecule has 2 aromatic carbocycles. The summed E-state index contributed by atoms with van der Waals surface area (Å²) in [6.45, 7) is 8.22. The Kier molecular flexibility index (Phi) is 5.97. The van der Waals surface area contributed by atoms with Gasteiger partial charge in [-0.3, -0.25) is 4.79 Å². The fourth-order valence-corrected chi connectivity index (χ4v) is 3.66. The molecule has 0 aliphatic carbocycles. The number of nitrogens with one attached hydrogen (secondary N) is 1. The lowest BCUT2D eigenvalue weighted by Gasteiger charge is -2.33. The van der Waals surface area contributed by atoms with E-state index < -0.39 is 0 Å². The van der Waals surface area contributed by atoms with E-state index in [9.17, 15) is 4.79 Å². The van der Waals surface area contributed by atoms with Gasteiger partial charge < -0.3 is 10.2 Å². The first-order valence-electron chi connectivity index (χ1n) is 9.75. The third-order valence-electron chi connectivity index (χ3n) is 5.47. The fourth-order valence-electron chi connectivity index (χ4n) is 3.66. The van der Waals surface area contributed by atoms with Crippen molar-refractivity contribution in [2.24, 2.45) is 5.92 Å². The van der Waals surface area contributed by atoms with Crippen LogP contribution < -0.4 is 10.2 Å². The number of hydrogen-bond donors (Lipinski definition) is 1. The molecule has 1 atom stereocenters. The molecule has 1 saturated heterocycles. The Hall–Kier alpha value is -2.29. The average Bonchev–Trinajstić information content (AvgIpc) is 2.67. The molecule has 0 radical (unpaired) electrons. The Labute approximate surface area is 157 Å². The van der Waals surface area contributed by atoms with Crippen LogP contribution in [0.5, 0.6) is 0 Å². The van der Waals surface area contributed by atoms with E-state index in [-0.39, 0.29) is 17.9 Å². The summed E-state index contributed by atoms with van der Waals surface area (Å²) in [6, 6.07) is 17.3. The molecule has 1 fully saturated rings. The van der Waals surface area contributed by atoms with Crippen LogP contribution in [0.4, 0.5) is 5.69 Å². The molecule has 0 bridgehead atoms. The second kappa shape index (κ2) is 8.39. The van der Waals surface area contributed by atoms with Crippen molar-refractivity contribution in [2.45, 2.75) is 46.1 Å². The summed E-state index contributed by atoms with van der Waals surface area (Å²) in [7, 11) is 0.